The van der Waals surface area contributed by atoms with Crippen molar-refractivity contribution < 1.29 is 14.3 Å². The first-order valence-corrected chi connectivity index (χ1v) is 16.5. The van der Waals surface area contributed by atoms with E-state index in [9.17, 15) is 10.1 Å². The average Bonchev–Trinajstić information content (AvgIpc) is 3.03. The van der Waals surface area contributed by atoms with E-state index < -0.39 is 5.60 Å². The minimum atomic E-state index is -0.459. The van der Waals surface area contributed by atoms with Crippen LogP contribution in [0, 0.1) is 17.2 Å². The Kier molecular flexibility index (Phi) is 10.4. The summed E-state index contributed by atoms with van der Waals surface area (Å²) in [7, 11) is 0. The van der Waals surface area contributed by atoms with Crippen LogP contribution in [0.15, 0.2) is 54.7 Å². The molecular weight excluding hydrogens is 600 g/mol. The van der Waals surface area contributed by atoms with Crippen molar-refractivity contribution in [1.29, 1.82) is 5.26 Å². The van der Waals surface area contributed by atoms with Gasteiger partial charge in [-0.25, -0.2) is 14.8 Å². The van der Waals surface area contributed by atoms with E-state index in [0.29, 0.717) is 23.1 Å². The lowest BCUT2D eigenvalue weighted by atomic mass is 9.78. The summed E-state index contributed by atoms with van der Waals surface area (Å²) in [5, 5.41) is 9.92. The van der Waals surface area contributed by atoms with E-state index in [0.717, 1.165) is 87.2 Å². The van der Waals surface area contributed by atoms with Crippen molar-refractivity contribution in [2.75, 3.05) is 50.7 Å². The summed E-state index contributed by atoms with van der Waals surface area (Å²) < 4.78 is 11.6. The molecule has 0 N–H and O–H groups in total. The van der Waals surface area contributed by atoms with E-state index in [1.807, 2.05) is 56.0 Å². The summed E-state index contributed by atoms with van der Waals surface area (Å²) in [5.41, 5.74) is 2.67. The quantitative estimate of drug-likeness (QED) is 0.268. The molecule has 0 radical (unpaired) electrons. The molecule has 2 fully saturated rings. The minimum Gasteiger partial charge on any atom is -0.487 e. The van der Waals surface area contributed by atoms with Gasteiger partial charge in [0.25, 0.3) is 0 Å². The maximum absolute atomic E-state index is 12.4. The van der Waals surface area contributed by atoms with E-state index >= 15 is 0 Å². The number of anilines is 1. The third-order valence-corrected chi connectivity index (χ3v) is 9.07. The molecule has 3 heterocycles. The van der Waals surface area contributed by atoms with Crippen LogP contribution >= 0.6 is 11.6 Å². The summed E-state index contributed by atoms with van der Waals surface area (Å²) in [4.78, 5) is 28.4. The average molecular weight is 645 g/mol. The molecule has 1 amide bonds. The Morgan fingerprint density at radius 3 is 2.30 bits per heavy atom. The molecule has 3 aromatic rings. The highest BCUT2D eigenvalue weighted by molar-refractivity contribution is 6.30. The molecule has 2 saturated heterocycles. The lowest BCUT2D eigenvalue weighted by Gasteiger charge is -2.39. The number of hydrogen-bond acceptors (Lipinski definition) is 8. The molecule has 0 bridgehead atoms. The van der Waals surface area contributed by atoms with Crippen LogP contribution in [0.1, 0.15) is 69.8 Å². The smallest absolute Gasteiger partial charge is 0.410 e. The Labute approximate surface area is 278 Å². The van der Waals surface area contributed by atoms with Crippen molar-refractivity contribution in [3.05, 3.63) is 82.1 Å². The van der Waals surface area contributed by atoms with Crippen LogP contribution < -0.4 is 9.64 Å². The number of rotatable bonds is 8. The molecular formula is C36H45ClN6O3. The van der Waals surface area contributed by atoms with E-state index in [2.05, 4.69) is 46.8 Å². The van der Waals surface area contributed by atoms with Gasteiger partial charge in [-0.3, -0.25) is 4.90 Å². The van der Waals surface area contributed by atoms with Gasteiger partial charge in [0.2, 0.25) is 5.95 Å². The minimum absolute atomic E-state index is 0.198. The number of piperidine rings is 1. The predicted molar refractivity (Wildman–Crippen MR) is 180 cm³/mol. The molecule has 0 saturated carbocycles. The van der Waals surface area contributed by atoms with Gasteiger partial charge in [-0.15, -0.1) is 0 Å². The van der Waals surface area contributed by atoms with Crippen molar-refractivity contribution in [2.24, 2.45) is 5.92 Å². The Bertz CT molecular complexity index is 1530. The van der Waals surface area contributed by atoms with E-state index in [1.54, 1.807) is 12.3 Å². The van der Waals surface area contributed by atoms with Crippen molar-refractivity contribution in [1.82, 2.24) is 19.8 Å². The Hall–Kier alpha value is -3.87. The number of carbonyl (C=O) groups excluding carboxylic acids is 1. The second-order valence-corrected chi connectivity index (χ2v) is 14.3. The van der Waals surface area contributed by atoms with Crippen LogP contribution in [-0.4, -0.2) is 77.3 Å². The molecule has 1 aromatic heterocycles. The molecule has 5 rings (SSSR count). The number of nitrogens with zero attached hydrogens (tertiary/aromatic N) is 6. The normalized spacial score (nSPS) is 16.6. The summed E-state index contributed by atoms with van der Waals surface area (Å²) in [6, 6.07) is 17.6. The van der Waals surface area contributed by atoms with Crippen molar-refractivity contribution in [2.45, 2.75) is 65.1 Å². The van der Waals surface area contributed by atoms with Gasteiger partial charge in [0, 0.05) is 62.4 Å². The van der Waals surface area contributed by atoms with Gasteiger partial charge in [-0.1, -0.05) is 37.6 Å². The molecule has 0 spiro atoms. The van der Waals surface area contributed by atoms with Crippen LogP contribution in [-0.2, 0) is 16.8 Å². The first-order valence-electron chi connectivity index (χ1n) is 16.1. The van der Waals surface area contributed by atoms with Crippen molar-refractivity contribution in [3.8, 4) is 11.8 Å². The fourth-order valence-corrected chi connectivity index (χ4v) is 6.28. The van der Waals surface area contributed by atoms with Gasteiger partial charge in [0.05, 0.1) is 17.3 Å². The standard InChI is InChI=1S/C36H45ClN6O3/c1-35(2,3)46-34(44)43-14-11-26(12-15-43)24-41-16-18-42(19-17-41)33-39-13-10-31(40-33)25-45-32-8-6-28(7-9-32)36(4,5)29-20-27(23-38)21-30(37)22-29/h6-10,13,20-22,26H,11-12,14-19,24-25H2,1-5H3. The highest BCUT2D eigenvalue weighted by atomic mass is 35.5. The second kappa shape index (κ2) is 14.3. The summed E-state index contributed by atoms with van der Waals surface area (Å²) >= 11 is 6.28. The number of hydrogen-bond donors (Lipinski definition) is 0. The van der Waals surface area contributed by atoms with Crippen molar-refractivity contribution in [3.63, 3.8) is 0 Å². The third kappa shape index (κ3) is 8.68. The maximum Gasteiger partial charge on any atom is 0.410 e. The van der Waals surface area contributed by atoms with Gasteiger partial charge in [0.15, 0.2) is 0 Å². The number of benzene rings is 2. The zero-order chi connectivity index (χ0) is 32.9. The molecule has 46 heavy (non-hydrogen) atoms. The number of aromatic nitrogens is 2. The number of carbonyl (C=O) groups is 1. The van der Waals surface area contributed by atoms with Gasteiger partial charge in [0.1, 0.15) is 18.0 Å². The molecule has 0 atom stereocenters. The number of nitriles is 1. The first kappa shape index (κ1) is 33.5. The van der Waals surface area contributed by atoms with E-state index in [1.165, 1.54) is 0 Å². The number of piperazine rings is 1. The number of halogens is 1. The SMILES string of the molecule is CC(C)(C)OC(=O)N1CCC(CN2CCN(c3nccc(COc4ccc(C(C)(C)c5cc(Cl)cc(C#N)c5)cc4)n3)CC2)CC1. The molecule has 0 aliphatic carbocycles. The lowest BCUT2D eigenvalue weighted by Crippen LogP contribution is -2.50. The highest BCUT2D eigenvalue weighted by Gasteiger charge is 2.29. The zero-order valence-electron chi connectivity index (χ0n) is 27.6. The van der Waals surface area contributed by atoms with Gasteiger partial charge in [-0.2, -0.15) is 5.26 Å². The fourth-order valence-electron chi connectivity index (χ4n) is 6.04. The second-order valence-electron chi connectivity index (χ2n) is 13.8. The Morgan fingerprint density at radius 1 is 0.957 bits per heavy atom. The molecule has 2 aliphatic rings. The summed E-state index contributed by atoms with van der Waals surface area (Å²) in [5.74, 6) is 2.09. The van der Waals surface area contributed by atoms with Gasteiger partial charge in [-0.05, 0) is 87.1 Å². The van der Waals surface area contributed by atoms with Crippen LogP contribution in [0.5, 0.6) is 5.75 Å². The summed E-state index contributed by atoms with van der Waals surface area (Å²) in [6.07, 6.45) is 3.63. The third-order valence-electron chi connectivity index (χ3n) is 8.85. The van der Waals surface area contributed by atoms with Crippen molar-refractivity contribution >= 4 is 23.6 Å². The maximum atomic E-state index is 12.4. The molecule has 0 unspecified atom stereocenters. The van der Waals surface area contributed by atoms with E-state index in [4.69, 9.17) is 26.1 Å². The topological polar surface area (TPSA) is 94.8 Å². The fraction of sp³-hybridized carbons (Fsp3) is 0.500. The largest absolute Gasteiger partial charge is 0.487 e. The monoisotopic (exact) mass is 644 g/mol. The first-order chi connectivity index (χ1) is 21.9. The predicted octanol–water partition coefficient (Wildman–Crippen LogP) is 6.68. The summed E-state index contributed by atoms with van der Waals surface area (Å²) in [6.45, 7) is 16.6. The highest BCUT2D eigenvalue weighted by Crippen LogP contribution is 2.34. The van der Waals surface area contributed by atoms with Gasteiger partial charge < -0.3 is 19.3 Å². The molecule has 9 nitrogen and oxygen atoms in total. The Balaban J connectivity index is 1.08. The van der Waals surface area contributed by atoms with Crippen LogP contribution in [0.4, 0.5) is 10.7 Å². The number of ether oxygens (including phenoxy) is 2. The van der Waals surface area contributed by atoms with Crippen LogP contribution in [0.25, 0.3) is 0 Å². The zero-order valence-corrected chi connectivity index (χ0v) is 28.4. The van der Waals surface area contributed by atoms with Crippen LogP contribution in [0.3, 0.4) is 0 Å². The molecule has 244 valence electrons. The molecule has 10 heteroatoms. The van der Waals surface area contributed by atoms with Gasteiger partial charge >= 0.3 is 6.09 Å². The lowest BCUT2D eigenvalue weighted by molar-refractivity contribution is 0.0169. The number of likely N-dealkylation sites (tertiary alicyclic amines) is 1. The Morgan fingerprint density at radius 2 is 1.65 bits per heavy atom. The van der Waals surface area contributed by atoms with E-state index in [-0.39, 0.29) is 11.5 Å². The number of amides is 1. The molecule has 2 aromatic carbocycles. The molecule has 2 aliphatic heterocycles. The van der Waals surface area contributed by atoms with Crippen LogP contribution in [0.2, 0.25) is 5.02 Å².